The van der Waals surface area contributed by atoms with Crippen molar-refractivity contribution >= 4 is 27.3 Å². The Labute approximate surface area is 91.9 Å². The number of halogens is 1. The Kier molecular flexibility index (Phi) is 3.06. The van der Waals surface area contributed by atoms with Crippen molar-refractivity contribution in [3.05, 3.63) is 20.8 Å². The van der Waals surface area contributed by atoms with Gasteiger partial charge in [-0.25, -0.2) is 0 Å². The average molecular weight is 260 g/mol. The van der Waals surface area contributed by atoms with Crippen LogP contribution in [0.3, 0.4) is 0 Å². The summed E-state index contributed by atoms with van der Waals surface area (Å²) in [5.41, 5.74) is 1.45. The van der Waals surface area contributed by atoms with E-state index in [1.54, 1.807) is 11.3 Å². The van der Waals surface area contributed by atoms with Gasteiger partial charge in [-0.05, 0) is 51.8 Å². The Balaban J connectivity index is 1.91. The molecule has 1 saturated heterocycles. The van der Waals surface area contributed by atoms with Gasteiger partial charge in [0.25, 0.3) is 0 Å². The van der Waals surface area contributed by atoms with Gasteiger partial charge in [0.15, 0.2) is 0 Å². The Hall–Kier alpha value is 0.140. The number of rotatable bonds is 2. The first kappa shape index (κ1) is 9.69. The van der Waals surface area contributed by atoms with Gasteiger partial charge in [-0.2, -0.15) is 0 Å². The molecule has 1 fully saturated rings. The lowest BCUT2D eigenvalue weighted by Gasteiger charge is -2.13. The van der Waals surface area contributed by atoms with Gasteiger partial charge in [0.2, 0.25) is 0 Å². The minimum atomic E-state index is 0.891. The number of likely N-dealkylation sites (tertiary alicyclic amines) is 1. The van der Waals surface area contributed by atoms with E-state index in [-0.39, 0.29) is 0 Å². The number of hydrogen-bond donors (Lipinski definition) is 0. The summed E-state index contributed by atoms with van der Waals surface area (Å²) in [6, 6.07) is 2.23. The predicted octanol–water partition coefficient (Wildman–Crippen LogP) is 3.35. The fraction of sp³-hybridized carbons (Fsp3) is 0.600. The highest BCUT2D eigenvalue weighted by Crippen LogP contribution is 2.24. The van der Waals surface area contributed by atoms with Crippen LogP contribution in [0.2, 0.25) is 0 Å². The number of nitrogens with zero attached hydrogens (tertiary/aromatic N) is 1. The topological polar surface area (TPSA) is 3.24 Å². The number of hydrogen-bond acceptors (Lipinski definition) is 2. The van der Waals surface area contributed by atoms with Gasteiger partial charge in [0, 0.05) is 13.1 Å². The molecule has 0 aliphatic carbocycles. The van der Waals surface area contributed by atoms with Crippen molar-refractivity contribution in [1.29, 1.82) is 0 Å². The van der Waals surface area contributed by atoms with E-state index >= 15 is 0 Å². The zero-order valence-corrected chi connectivity index (χ0v) is 10.2. The third-order valence-corrected chi connectivity index (χ3v) is 4.09. The Morgan fingerprint density at radius 2 is 2.54 bits per heavy atom. The molecule has 13 heavy (non-hydrogen) atoms. The molecule has 1 aromatic heterocycles. The van der Waals surface area contributed by atoms with Gasteiger partial charge in [0.05, 0.1) is 3.79 Å². The van der Waals surface area contributed by atoms with Crippen LogP contribution < -0.4 is 0 Å². The van der Waals surface area contributed by atoms with Crippen LogP contribution in [-0.2, 0) is 6.54 Å². The van der Waals surface area contributed by atoms with Gasteiger partial charge in [0.1, 0.15) is 0 Å². The maximum absolute atomic E-state index is 3.49. The van der Waals surface area contributed by atoms with E-state index in [2.05, 4.69) is 39.2 Å². The molecule has 2 heterocycles. The molecule has 0 aromatic carbocycles. The lowest BCUT2D eigenvalue weighted by molar-refractivity contribution is 0.321. The second-order valence-corrected chi connectivity index (χ2v) is 6.18. The van der Waals surface area contributed by atoms with Crippen LogP contribution in [0.5, 0.6) is 0 Å². The highest BCUT2D eigenvalue weighted by atomic mass is 79.9. The minimum Gasteiger partial charge on any atom is -0.299 e. The molecule has 1 unspecified atom stereocenters. The summed E-state index contributed by atoms with van der Waals surface area (Å²) < 4.78 is 1.25. The van der Waals surface area contributed by atoms with E-state index in [0.29, 0.717) is 0 Å². The standard InChI is InChI=1S/C10H14BrNS/c1-8-2-3-12(5-8)6-9-4-10(11)13-7-9/h4,7-8H,2-3,5-6H2,1H3. The summed E-state index contributed by atoms with van der Waals surface area (Å²) >= 11 is 5.27. The SMILES string of the molecule is CC1CCN(Cc2csc(Br)c2)C1. The monoisotopic (exact) mass is 259 g/mol. The van der Waals surface area contributed by atoms with Crippen LogP contribution in [0.25, 0.3) is 0 Å². The molecular formula is C10H14BrNS. The van der Waals surface area contributed by atoms with Gasteiger partial charge in [-0.1, -0.05) is 6.92 Å². The first-order valence-corrected chi connectivity index (χ1v) is 6.36. The fourth-order valence-corrected chi connectivity index (χ4v) is 3.06. The van der Waals surface area contributed by atoms with E-state index < -0.39 is 0 Å². The van der Waals surface area contributed by atoms with E-state index in [1.807, 2.05) is 0 Å². The van der Waals surface area contributed by atoms with Crippen molar-refractivity contribution < 1.29 is 0 Å². The molecule has 1 atom stereocenters. The van der Waals surface area contributed by atoms with E-state index in [4.69, 9.17) is 0 Å². The lowest BCUT2D eigenvalue weighted by Crippen LogP contribution is -2.19. The minimum absolute atomic E-state index is 0.891. The summed E-state index contributed by atoms with van der Waals surface area (Å²) in [6.45, 7) is 6.01. The van der Waals surface area contributed by atoms with Crippen LogP contribution in [0, 0.1) is 5.92 Å². The molecule has 1 aromatic rings. The number of thiophene rings is 1. The van der Waals surface area contributed by atoms with Crippen LogP contribution in [-0.4, -0.2) is 18.0 Å². The maximum Gasteiger partial charge on any atom is 0.0701 e. The van der Waals surface area contributed by atoms with Crippen LogP contribution in [0.15, 0.2) is 15.2 Å². The summed E-state index contributed by atoms with van der Waals surface area (Å²) in [5, 5.41) is 2.24. The molecule has 3 heteroatoms. The van der Waals surface area contributed by atoms with Crippen LogP contribution >= 0.6 is 27.3 Å². The molecular weight excluding hydrogens is 246 g/mol. The third-order valence-electron chi connectivity index (χ3n) is 2.54. The van der Waals surface area contributed by atoms with Gasteiger partial charge < -0.3 is 0 Å². The predicted molar refractivity (Wildman–Crippen MR) is 61.1 cm³/mol. The molecule has 2 rings (SSSR count). The normalized spacial score (nSPS) is 24.0. The first-order chi connectivity index (χ1) is 6.24. The molecule has 1 aliphatic heterocycles. The largest absolute Gasteiger partial charge is 0.299 e. The highest BCUT2D eigenvalue weighted by molar-refractivity contribution is 9.11. The smallest absolute Gasteiger partial charge is 0.0701 e. The van der Waals surface area contributed by atoms with Crippen molar-refractivity contribution in [2.75, 3.05) is 13.1 Å². The van der Waals surface area contributed by atoms with Crippen LogP contribution in [0.4, 0.5) is 0 Å². The molecule has 0 saturated carbocycles. The molecule has 0 bridgehead atoms. The van der Waals surface area contributed by atoms with Crippen molar-refractivity contribution in [3.63, 3.8) is 0 Å². The van der Waals surface area contributed by atoms with Crippen molar-refractivity contribution in [2.45, 2.75) is 19.9 Å². The maximum atomic E-state index is 3.49. The Bertz CT molecular complexity index is 284. The second kappa shape index (κ2) is 4.11. The molecule has 72 valence electrons. The quantitative estimate of drug-likeness (QED) is 0.788. The summed E-state index contributed by atoms with van der Waals surface area (Å²) in [7, 11) is 0. The summed E-state index contributed by atoms with van der Waals surface area (Å²) in [5.74, 6) is 0.891. The summed E-state index contributed by atoms with van der Waals surface area (Å²) in [6.07, 6.45) is 1.37. The van der Waals surface area contributed by atoms with E-state index in [1.165, 1.54) is 28.9 Å². The van der Waals surface area contributed by atoms with Crippen molar-refractivity contribution in [2.24, 2.45) is 5.92 Å². The van der Waals surface area contributed by atoms with E-state index in [0.717, 1.165) is 12.5 Å². The zero-order valence-electron chi connectivity index (χ0n) is 7.79. The van der Waals surface area contributed by atoms with Crippen LogP contribution in [0.1, 0.15) is 18.9 Å². The third kappa shape index (κ3) is 2.55. The zero-order chi connectivity index (χ0) is 9.26. The fourth-order valence-electron chi connectivity index (χ4n) is 1.86. The molecule has 0 spiro atoms. The van der Waals surface area contributed by atoms with Gasteiger partial charge >= 0.3 is 0 Å². The van der Waals surface area contributed by atoms with Gasteiger partial charge in [-0.15, -0.1) is 11.3 Å². The highest BCUT2D eigenvalue weighted by Gasteiger charge is 2.18. The Morgan fingerprint density at radius 3 is 3.08 bits per heavy atom. The molecule has 0 amide bonds. The molecule has 0 radical (unpaired) electrons. The molecule has 0 N–H and O–H groups in total. The van der Waals surface area contributed by atoms with Crippen molar-refractivity contribution in [3.8, 4) is 0 Å². The molecule has 1 aliphatic rings. The van der Waals surface area contributed by atoms with E-state index in [9.17, 15) is 0 Å². The van der Waals surface area contributed by atoms with Crippen molar-refractivity contribution in [1.82, 2.24) is 4.90 Å². The second-order valence-electron chi connectivity index (χ2n) is 3.89. The average Bonchev–Trinajstić information content (AvgIpc) is 2.62. The Morgan fingerprint density at radius 1 is 1.69 bits per heavy atom. The summed E-state index contributed by atoms with van der Waals surface area (Å²) in [4.78, 5) is 2.54. The lowest BCUT2D eigenvalue weighted by atomic mass is 10.2. The first-order valence-electron chi connectivity index (χ1n) is 4.69. The molecule has 1 nitrogen and oxygen atoms in total. The van der Waals surface area contributed by atoms with Gasteiger partial charge in [-0.3, -0.25) is 4.90 Å².